The van der Waals surface area contributed by atoms with Crippen LogP contribution in [0.25, 0.3) is 0 Å². The van der Waals surface area contributed by atoms with Gasteiger partial charge >= 0.3 is 5.97 Å². The number of nitrogens with zero attached hydrogens (tertiary/aromatic N) is 1. The molecule has 1 aliphatic carbocycles. The molecule has 0 atom stereocenters. The van der Waals surface area contributed by atoms with Gasteiger partial charge in [0.1, 0.15) is 0 Å². The molecule has 1 aromatic rings. The van der Waals surface area contributed by atoms with Crippen molar-refractivity contribution >= 4 is 11.7 Å². The quantitative estimate of drug-likeness (QED) is 0.850. The number of hydrogen-bond acceptors (Lipinski definition) is 2. The number of carbonyl (C=O) groups is 1. The third-order valence-electron chi connectivity index (χ3n) is 4.28. The molecule has 2 fully saturated rings. The largest absolute Gasteiger partial charge is 0.478 e. The van der Waals surface area contributed by atoms with Crippen LogP contribution in [-0.2, 0) is 0 Å². The van der Waals surface area contributed by atoms with E-state index < -0.39 is 5.97 Å². The number of carboxylic acids is 1. The lowest BCUT2D eigenvalue weighted by Crippen LogP contribution is -2.59. The fourth-order valence-electron chi connectivity index (χ4n) is 2.98. The fourth-order valence-corrected chi connectivity index (χ4v) is 2.98. The van der Waals surface area contributed by atoms with Crippen LogP contribution >= 0.6 is 0 Å². The topological polar surface area (TPSA) is 40.5 Å². The summed E-state index contributed by atoms with van der Waals surface area (Å²) in [5.41, 5.74) is 2.90. The predicted molar refractivity (Wildman–Crippen MR) is 66.6 cm³/mol. The number of aromatic carboxylic acids is 1. The van der Waals surface area contributed by atoms with Crippen LogP contribution in [0, 0.1) is 12.3 Å². The van der Waals surface area contributed by atoms with Crippen LogP contribution < -0.4 is 4.90 Å². The molecule has 0 bridgehead atoms. The summed E-state index contributed by atoms with van der Waals surface area (Å²) in [4.78, 5) is 13.4. The molecule has 0 amide bonds. The van der Waals surface area contributed by atoms with E-state index >= 15 is 0 Å². The average molecular weight is 231 g/mol. The zero-order valence-corrected chi connectivity index (χ0v) is 10.1. The summed E-state index contributed by atoms with van der Waals surface area (Å²) >= 11 is 0. The van der Waals surface area contributed by atoms with E-state index in [1.807, 2.05) is 25.1 Å². The van der Waals surface area contributed by atoms with Gasteiger partial charge in [-0.25, -0.2) is 4.79 Å². The molecule has 3 rings (SSSR count). The van der Waals surface area contributed by atoms with Gasteiger partial charge in [0.25, 0.3) is 0 Å². The van der Waals surface area contributed by atoms with Crippen LogP contribution in [0.2, 0.25) is 0 Å². The van der Waals surface area contributed by atoms with Crippen LogP contribution in [0.3, 0.4) is 0 Å². The van der Waals surface area contributed by atoms with Gasteiger partial charge in [-0.05, 0) is 37.5 Å². The lowest BCUT2D eigenvalue weighted by molar-refractivity contribution is 0.0696. The van der Waals surface area contributed by atoms with Gasteiger partial charge in [-0.2, -0.15) is 0 Å². The minimum atomic E-state index is -0.830. The van der Waals surface area contributed by atoms with Crippen molar-refractivity contribution < 1.29 is 9.90 Å². The molecule has 90 valence electrons. The number of aryl methyl sites for hydroxylation is 1. The first-order valence-corrected chi connectivity index (χ1v) is 6.19. The lowest BCUT2D eigenvalue weighted by Gasteiger charge is -2.57. The highest BCUT2D eigenvalue weighted by Crippen LogP contribution is 2.49. The molecular formula is C14H17NO2. The predicted octanol–water partition coefficient (Wildman–Crippen LogP) is 2.68. The molecule has 0 radical (unpaired) electrons. The van der Waals surface area contributed by atoms with Crippen molar-refractivity contribution in [3.8, 4) is 0 Å². The second kappa shape index (κ2) is 3.49. The summed E-state index contributed by atoms with van der Waals surface area (Å²) in [6, 6.07) is 5.75. The van der Waals surface area contributed by atoms with E-state index in [0.29, 0.717) is 11.0 Å². The first-order valence-electron chi connectivity index (χ1n) is 6.19. The molecule has 1 aromatic carbocycles. The van der Waals surface area contributed by atoms with E-state index in [1.165, 1.54) is 19.3 Å². The Morgan fingerprint density at radius 2 is 2.06 bits per heavy atom. The third-order valence-corrected chi connectivity index (χ3v) is 4.28. The Morgan fingerprint density at radius 1 is 1.35 bits per heavy atom. The maximum atomic E-state index is 11.1. The first kappa shape index (κ1) is 10.6. The van der Waals surface area contributed by atoms with E-state index in [-0.39, 0.29) is 0 Å². The molecule has 1 heterocycles. The number of hydrogen-bond donors (Lipinski definition) is 1. The minimum absolute atomic E-state index is 0.428. The SMILES string of the molecule is Cc1ccc(N2CC3(CCC3)C2)cc1C(=O)O. The Balaban J connectivity index is 1.80. The molecule has 1 saturated heterocycles. The molecule has 3 heteroatoms. The summed E-state index contributed by atoms with van der Waals surface area (Å²) < 4.78 is 0. The second-order valence-corrected chi connectivity index (χ2v) is 5.51. The summed E-state index contributed by atoms with van der Waals surface area (Å²) in [6.45, 7) is 4.06. The average Bonchev–Trinajstić information content (AvgIpc) is 2.15. The molecule has 0 unspecified atom stereocenters. The van der Waals surface area contributed by atoms with Crippen molar-refractivity contribution in [2.24, 2.45) is 5.41 Å². The second-order valence-electron chi connectivity index (χ2n) is 5.51. The van der Waals surface area contributed by atoms with Crippen molar-refractivity contribution in [1.82, 2.24) is 0 Å². The molecule has 0 aromatic heterocycles. The summed E-state index contributed by atoms with van der Waals surface area (Å²) in [5, 5.41) is 9.10. The lowest BCUT2D eigenvalue weighted by atomic mass is 9.63. The highest BCUT2D eigenvalue weighted by atomic mass is 16.4. The van der Waals surface area contributed by atoms with Crippen LogP contribution in [0.1, 0.15) is 35.2 Å². The van der Waals surface area contributed by atoms with Crippen molar-refractivity contribution in [3.05, 3.63) is 29.3 Å². The Hall–Kier alpha value is -1.51. The maximum absolute atomic E-state index is 11.1. The number of rotatable bonds is 2. The van der Waals surface area contributed by atoms with Crippen molar-refractivity contribution in [2.75, 3.05) is 18.0 Å². The maximum Gasteiger partial charge on any atom is 0.336 e. The van der Waals surface area contributed by atoms with Gasteiger partial charge < -0.3 is 10.0 Å². The molecule has 1 aliphatic heterocycles. The van der Waals surface area contributed by atoms with Gasteiger partial charge in [-0.1, -0.05) is 12.5 Å². The summed E-state index contributed by atoms with van der Waals surface area (Å²) in [7, 11) is 0. The molecule has 1 saturated carbocycles. The van der Waals surface area contributed by atoms with Crippen molar-refractivity contribution in [1.29, 1.82) is 0 Å². The highest BCUT2D eigenvalue weighted by molar-refractivity contribution is 5.90. The fraction of sp³-hybridized carbons (Fsp3) is 0.500. The van der Waals surface area contributed by atoms with Crippen LogP contribution in [0.4, 0.5) is 5.69 Å². The van der Waals surface area contributed by atoms with Gasteiger partial charge in [0, 0.05) is 24.2 Å². The van der Waals surface area contributed by atoms with Gasteiger partial charge in [0.15, 0.2) is 0 Å². The Kier molecular flexibility index (Phi) is 2.18. The van der Waals surface area contributed by atoms with E-state index in [2.05, 4.69) is 4.90 Å². The Bertz CT molecular complexity index is 469. The third kappa shape index (κ3) is 1.61. The molecular weight excluding hydrogens is 214 g/mol. The molecule has 3 nitrogen and oxygen atoms in total. The van der Waals surface area contributed by atoms with Crippen LogP contribution in [0.5, 0.6) is 0 Å². The zero-order chi connectivity index (χ0) is 12.0. The van der Waals surface area contributed by atoms with Crippen LogP contribution in [0.15, 0.2) is 18.2 Å². The first-order chi connectivity index (χ1) is 8.10. The number of benzene rings is 1. The van der Waals surface area contributed by atoms with E-state index in [9.17, 15) is 4.79 Å². The van der Waals surface area contributed by atoms with E-state index in [1.54, 1.807) is 0 Å². The Morgan fingerprint density at radius 3 is 2.59 bits per heavy atom. The zero-order valence-electron chi connectivity index (χ0n) is 10.1. The monoisotopic (exact) mass is 231 g/mol. The van der Waals surface area contributed by atoms with Gasteiger partial charge in [-0.15, -0.1) is 0 Å². The van der Waals surface area contributed by atoms with Crippen molar-refractivity contribution in [2.45, 2.75) is 26.2 Å². The van der Waals surface area contributed by atoms with E-state index in [0.717, 1.165) is 24.3 Å². The summed E-state index contributed by atoms with van der Waals surface area (Å²) in [5.74, 6) is -0.830. The van der Waals surface area contributed by atoms with Gasteiger partial charge in [0.2, 0.25) is 0 Å². The number of carboxylic acid groups (broad SMARTS) is 1. The minimum Gasteiger partial charge on any atom is -0.478 e. The smallest absolute Gasteiger partial charge is 0.336 e. The van der Waals surface area contributed by atoms with Crippen LogP contribution in [-0.4, -0.2) is 24.2 Å². The molecule has 1 spiro atoms. The van der Waals surface area contributed by atoms with Gasteiger partial charge in [-0.3, -0.25) is 0 Å². The summed E-state index contributed by atoms with van der Waals surface area (Å²) in [6.07, 6.45) is 4.06. The molecule has 2 aliphatic rings. The number of anilines is 1. The molecule has 1 N–H and O–H groups in total. The van der Waals surface area contributed by atoms with Crippen molar-refractivity contribution in [3.63, 3.8) is 0 Å². The van der Waals surface area contributed by atoms with Gasteiger partial charge in [0.05, 0.1) is 5.56 Å². The normalized spacial score (nSPS) is 20.9. The Labute approximate surface area is 101 Å². The standard InChI is InChI=1S/C14H17NO2/c1-10-3-4-11(7-12(10)13(16)17)15-8-14(9-15)5-2-6-14/h3-4,7H,2,5-6,8-9H2,1H3,(H,16,17). The van der Waals surface area contributed by atoms with E-state index in [4.69, 9.17) is 5.11 Å². The molecule has 17 heavy (non-hydrogen) atoms. The highest BCUT2D eigenvalue weighted by Gasteiger charge is 2.47.